The van der Waals surface area contributed by atoms with Gasteiger partial charge >= 0.3 is 11.7 Å². The minimum absolute atomic E-state index is 0.142. The average molecular weight is 279 g/mol. The van der Waals surface area contributed by atoms with E-state index in [1.54, 1.807) is 0 Å². The van der Waals surface area contributed by atoms with Crippen molar-refractivity contribution in [2.75, 3.05) is 7.11 Å². The molecule has 1 aromatic carbocycles. The maximum Gasteiger partial charge on any atom is 0.340 e. The fourth-order valence-corrected chi connectivity index (χ4v) is 1.65. The van der Waals surface area contributed by atoms with Gasteiger partial charge in [0.1, 0.15) is 18.2 Å². The first-order valence-electron chi connectivity index (χ1n) is 5.55. The van der Waals surface area contributed by atoms with E-state index in [0.717, 1.165) is 6.20 Å². The molecule has 0 bridgehead atoms. The number of aromatic nitrogens is 2. The standard InChI is InChI=1S/C12H10FN3O4/c1-20-12(17)10-3-2-8(4-11(10)13)6-15-7-9(5-14-15)16(18)19/h2-5,7H,6H2,1H3. The molecule has 0 saturated heterocycles. The molecule has 2 rings (SSSR count). The first-order valence-corrected chi connectivity index (χ1v) is 5.55. The minimum Gasteiger partial charge on any atom is -0.465 e. The zero-order valence-electron chi connectivity index (χ0n) is 10.4. The van der Waals surface area contributed by atoms with Gasteiger partial charge in [0.05, 0.1) is 24.1 Å². The molecule has 0 unspecified atom stereocenters. The molecule has 0 aliphatic heterocycles. The second kappa shape index (κ2) is 5.47. The third kappa shape index (κ3) is 2.79. The number of halogens is 1. The van der Waals surface area contributed by atoms with Gasteiger partial charge in [-0.1, -0.05) is 6.07 Å². The molecule has 104 valence electrons. The predicted molar refractivity (Wildman–Crippen MR) is 65.7 cm³/mol. The summed E-state index contributed by atoms with van der Waals surface area (Å²) in [6, 6.07) is 4.00. The highest BCUT2D eigenvalue weighted by Crippen LogP contribution is 2.14. The Bertz CT molecular complexity index is 668. The van der Waals surface area contributed by atoms with Crippen LogP contribution in [0.1, 0.15) is 15.9 Å². The number of carbonyl (C=O) groups excluding carboxylic acids is 1. The van der Waals surface area contributed by atoms with Crippen LogP contribution >= 0.6 is 0 Å². The largest absolute Gasteiger partial charge is 0.465 e. The number of rotatable bonds is 4. The fraction of sp³-hybridized carbons (Fsp3) is 0.167. The minimum atomic E-state index is -0.760. The number of nitrogens with zero attached hydrogens (tertiary/aromatic N) is 3. The molecule has 0 fully saturated rings. The highest BCUT2D eigenvalue weighted by atomic mass is 19.1. The first kappa shape index (κ1) is 13.7. The van der Waals surface area contributed by atoms with Crippen molar-refractivity contribution in [3.05, 3.63) is 57.7 Å². The molecule has 1 aromatic heterocycles. The molecule has 0 N–H and O–H groups in total. The summed E-state index contributed by atoms with van der Waals surface area (Å²) in [6.45, 7) is 0.159. The lowest BCUT2D eigenvalue weighted by Crippen LogP contribution is -2.06. The zero-order chi connectivity index (χ0) is 14.7. The van der Waals surface area contributed by atoms with E-state index < -0.39 is 16.7 Å². The molecule has 8 heteroatoms. The van der Waals surface area contributed by atoms with Crippen molar-refractivity contribution in [1.82, 2.24) is 9.78 Å². The fourth-order valence-electron chi connectivity index (χ4n) is 1.65. The quantitative estimate of drug-likeness (QED) is 0.483. The maximum atomic E-state index is 13.7. The molecule has 0 aliphatic rings. The Kier molecular flexibility index (Phi) is 3.74. The van der Waals surface area contributed by atoms with E-state index in [4.69, 9.17) is 0 Å². The summed E-state index contributed by atoms with van der Waals surface area (Å²) in [5.74, 6) is -1.47. The van der Waals surface area contributed by atoms with Gasteiger partial charge in [-0.05, 0) is 17.7 Å². The van der Waals surface area contributed by atoms with Gasteiger partial charge < -0.3 is 4.74 Å². The van der Waals surface area contributed by atoms with Crippen molar-refractivity contribution in [2.45, 2.75) is 6.54 Å². The van der Waals surface area contributed by atoms with Crippen molar-refractivity contribution < 1.29 is 18.8 Å². The molecule has 0 spiro atoms. The highest BCUT2D eigenvalue weighted by molar-refractivity contribution is 5.89. The van der Waals surface area contributed by atoms with Gasteiger partial charge in [0.15, 0.2) is 0 Å². The van der Waals surface area contributed by atoms with Gasteiger partial charge in [-0.25, -0.2) is 9.18 Å². The van der Waals surface area contributed by atoms with Gasteiger partial charge in [0, 0.05) is 0 Å². The number of ether oxygens (including phenoxy) is 1. The summed E-state index contributed by atoms with van der Waals surface area (Å²) < 4.78 is 19.4. The molecular formula is C12H10FN3O4. The Labute approximate surface area is 112 Å². The van der Waals surface area contributed by atoms with Crippen LogP contribution in [0.4, 0.5) is 10.1 Å². The third-order valence-electron chi connectivity index (χ3n) is 2.61. The van der Waals surface area contributed by atoms with Crippen LogP contribution < -0.4 is 0 Å². The normalized spacial score (nSPS) is 10.3. The molecule has 0 saturated carbocycles. The van der Waals surface area contributed by atoms with Crippen LogP contribution in [0.3, 0.4) is 0 Å². The topological polar surface area (TPSA) is 87.3 Å². The Hall–Kier alpha value is -2.77. The number of esters is 1. The molecule has 2 aromatic rings. The SMILES string of the molecule is COC(=O)c1ccc(Cn2cc([N+](=O)[O-])cn2)cc1F. The van der Waals surface area contributed by atoms with Crippen LogP contribution in [0, 0.1) is 15.9 Å². The molecule has 0 amide bonds. The molecule has 0 atom stereocenters. The monoisotopic (exact) mass is 279 g/mol. The Morgan fingerprint density at radius 2 is 2.30 bits per heavy atom. The predicted octanol–water partition coefficient (Wildman–Crippen LogP) is 1.77. The Morgan fingerprint density at radius 3 is 2.85 bits per heavy atom. The van der Waals surface area contributed by atoms with Crippen molar-refractivity contribution in [2.24, 2.45) is 0 Å². The zero-order valence-corrected chi connectivity index (χ0v) is 10.4. The third-order valence-corrected chi connectivity index (χ3v) is 2.61. The molecule has 1 heterocycles. The number of hydrogen-bond acceptors (Lipinski definition) is 5. The van der Waals surface area contributed by atoms with E-state index in [1.165, 1.54) is 36.2 Å². The lowest BCUT2D eigenvalue weighted by molar-refractivity contribution is -0.385. The lowest BCUT2D eigenvalue weighted by Gasteiger charge is -2.05. The number of methoxy groups -OCH3 is 1. The number of hydrogen-bond donors (Lipinski definition) is 0. The molecule has 0 aliphatic carbocycles. The molecule has 7 nitrogen and oxygen atoms in total. The first-order chi connectivity index (χ1) is 9.51. The summed E-state index contributed by atoms with van der Waals surface area (Å²) in [7, 11) is 1.17. The van der Waals surface area contributed by atoms with Gasteiger partial charge in [-0.2, -0.15) is 5.10 Å². The van der Waals surface area contributed by atoms with Crippen LogP contribution in [-0.2, 0) is 11.3 Å². The summed E-state index contributed by atoms with van der Waals surface area (Å²) >= 11 is 0. The molecular weight excluding hydrogens is 269 g/mol. The van der Waals surface area contributed by atoms with Gasteiger partial charge in [0.25, 0.3) is 0 Å². The van der Waals surface area contributed by atoms with Crippen molar-refractivity contribution in [3.8, 4) is 0 Å². The Balaban J connectivity index is 2.19. The average Bonchev–Trinajstić information content (AvgIpc) is 2.87. The number of benzene rings is 1. The van der Waals surface area contributed by atoms with Gasteiger partial charge in [0.2, 0.25) is 0 Å². The van der Waals surface area contributed by atoms with Crippen LogP contribution in [0.5, 0.6) is 0 Å². The van der Waals surface area contributed by atoms with Crippen LogP contribution in [0.25, 0.3) is 0 Å². The van der Waals surface area contributed by atoms with E-state index in [-0.39, 0.29) is 17.8 Å². The summed E-state index contributed by atoms with van der Waals surface area (Å²) in [6.07, 6.45) is 2.35. The molecule has 0 radical (unpaired) electrons. The van der Waals surface area contributed by atoms with Crippen LogP contribution in [0.15, 0.2) is 30.6 Å². The maximum absolute atomic E-state index is 13.7. The van der Waals surface area contributed by atoms with Crippen molar-refractivity contribution in [3.63, 3.8) is 0 Å². The van der Waals surface area contributed by atoms with Gasteiger partial charge in [-0.15, -0.1) is 0 Å². The smallest absolute Gasteiger partial charge is 0.340 e. The van der Waals surface area contributed by atoms with Crippen LogP contribution in [0.2, 0.25) is 0 Å². The van der Waals surface area contributed by atoms with E-state index in [9.17, 15) is 19.3 Å². The second-order valence-corrected chi connectivity index (χ2v) is 3.96. The van der Waals surface area contributed by atoms with Gasteiger partial charge in [-0.3, -0.25) is 14.8 Å². The van der Waals surface area contributed by atoms with E-state index in [1.807, 2.05) is 0 Å². The highest BCUT2D eigenvalue weighted by Gasteiger charge is 2.13. The van der Waals surface area contributed by atoms with Crippen molar-refractivity contribution >= 4 is 11.7 Å². The summed E-state index contributed by atoms with van der Waals surface area (Å²) in [4.78, 5) is 21.2. The van der Waals surface area contributed by atoms with Crippen molar-refractivity contribution in [1.29, 1.82) is 0 Å². The summed E-state index contributed by atoms with van der Waals surface area (Å²) in [5.41, 5.74) is 0.215. The van der Waals surface area contributed by atoms with E-state index in [2.05, 4.69) is 9.84 Å². The molecule has 20 heavy (non-hydrogen) atoms. The number of nitro groups is 1. The summed E-state index contributed by atoms with van der Waals surface area (Å²) in [5, 5.41) is 14.3. The van der Waals surface area contributed by atoms with Crippen LogP contribution in [-0.4, -0.2) is 27.8 Å². The van der Waals surface area contributed by atoms with E-state index >= 15 is 0 Å². The van der Waals surface area contributed by atoms with E-state index in [0.29, 0.717) is 5.56 Å². The lowest BCUT2D eigenvalue weighted by atomic mass is 10.1. The Morgan fingerprint density at radius 1 is 1.55 bits per heavy atom. The number of carbonyl (C=O) groups is 1. The second-order valence-electron chi connectivity index (χ2n) is 3.96.